The largest absolute Gasteiger partial charge is 0.378 e. The average Bonchev–Trinajstić information content (AvgIpc) is 2.88. The molecule has 2 amide bonds. The minimum atomic E-state index is -0.0281. The van der Waals surface area contributed by atoms with Crippen LogP contribution in [-0.2, 0) is 9.53 Å². The average molecular weight is 505 g/mol. The molecule has 7 nitrogen and oxygen atoms in total. The summed E-state index contributed by atoms with van der Waals surface area (Å²) in [7, 11) is 0. The fourth-order valence-electron chi connectivity index (χ4n) is 5.06. The first-order valence-electron chi connectivity index (χ1n) is 12.2. The number of aromatic nitrogens is 1. The van der Waals surface area contributed by atoms with Crippen molar-refractivity contribution >= 4 is 34.8 Å². The van der Waals surface area contributed by atoms with Crippen molar-refractivity contribution in [3.05, 3.63) is 76.9 Å². The number of nitrogens with zero attached hydrogens (tertiary/aromatic N) is 3. The molecule has 1 fully saturated rings. The predicted molar refractivity (Wildman–Crippen MR) is 141 cm³/mol. The van der Waals surface area contributed by atoms with Crippen LogP contribution < -0.4 is 10.2 Å². The van der Waals surface area contributed by atoms with E-state index in [0.717, 1.165) is 34.6 Å². The van der Waals surface area contributed by atoms with Gasteiger partial charge in [0.05, 0.1) is 30.5 Å². The number of halogens is 1. The molecule has 0 aliphatic carbocycles. The number of benzene rings is 2. The van der Waals surface area contributed by atoms with Crippen molar-refractivity contribution in [1.29, 1.82) is 0 Å². The first-order chi connectivity index (χ1) is 17.4. The van der Waals surface area contributed by atoms with Gasteiger partial charge in [-0.3, -0.25) is 14.6 Å². The van der Waals surface area contributed by atoms with E-state index in [1.807, 2.05) is 53.4 Å². The number of hydrogen-bond acceptors (Lipinski definition) is 5. The van der Waals surface area contributed by atoms with Gasteiger partial charge in [0.1, 0.15) is 0 Å². The van der Waals surface area contributed by atoms with E-state index in [-0.39, 0.29) is 23.9 Å². The molecule has 2 atom stereocenters. The fourth-order valence-corrected chi connectivity index (χ4v) is 5.25. The standard InChI is InChI=1S/C28H29ClN4O3/c1-18-14-26(31-23-5-3-4-22(29)16-23)24-15-20(7-9-27(24)33(18)19(2)34)25-8-6-21(17-30-25)28(35)32-10-12-36-13-11-32/h3-9,15-18,26,31H,10-14H2,1-2H3/t18-,26+/m0/s1. The first kappa shape index (κ1) is 24.3. The lowest BCUT2D eigenvalue weighted by Gasteiger charge is -2.39. The summed E-state index contributed by atoms with van der Waals surface area (Å²) < 4.78 is 5.34. The number of carbonyl (C=O) groups excluding carboxylic acids is 2. The summed E-state index contributed by atoms with van der Waals surface area (Å²) in [5, 5.41) is 4.27. The van der Waals surface area contributed by atoms with Crippen LogP contribution in [0.1, 0.15) is 42.2 Å². The van der Waals surface area contributed by atoms with Crippen LogP contribution in [0, 0.1) is 0 Å². The number of ether oxygens (including phenoxy) is 1. The van der Waals surface area contributed by atoms with Gasteiger partial charge in [0, 0.05) is 54.2 Å². The minimum absolute atomic E-state index is 0.00816. The molecule has 0 bridgehead atoms. The molecule has 1 aromatic heterocycles. The lowest BCUT2D eigenvalue weighted by atomic mass is 9.89. The number of morpholine rings is 1. The number of pyridine rings is 1. The van der Waals surface area contributed by atoms with Crippen LogP contribution >= 0.6 is 11.6 Å². The molecule has 3 aromatic rings. The first-order valence-corrected chi connectivity index (χ1v) is 12.6. The van der Waals surface area contributed by atoms with E-state index in [1.54, 1.807) is 18.0 Å². The van der Waals surface area contributed by atoms with E-state index in [0.29, 0.717) is 36.9 Å². The summed E-state index contributed by atoms with van der Waals surface area (Å²) in [4.78, 5) is 33.5. The third-order valence-electron chi connectivity index (χ3n) is 6.79. The molecular formula is C28H29ClN4O3. The molecule has 8 heteroatoms. The maximum atomic E-state index is 12.8. The van der Waals surface area contributed by atoms with Gasteiger partial charge in [-0.25, -0.2) is 0 Å². The summed E-state index contributed by atoms with van der Waals surface area (Å²) in [6.45, 7) is 5.98. The number of amides is 2. The predicted octanol–water partition coefficient (Wildman–Crippen LogP) is 5.17. The Kier molecular flexibility index (Phi) is 6.94. The minimum Gasteiger partial charge on any atom is -0.378 e. The quantitative estimate of drug-likeness (QED) is 0.530. The Morgan fingerprint density at radius 2 is 1.89 bits per heavy atom. The second kappa shape index (κ2) is 10.3. The van der Waals surface area contributed by atoms with E-state index in [1.165, 1.54) is 0 Å². The van der Waals surface area contributed by atoms with Crippen molar-refractivity contribution in [2.45, 2.75) is 32.4 Å². The zero-order chi connectivity index (χ0) is 25.2. The van der Waals surface area contributed by atoms with Gasteiger partial charge in [-0.1, -0.05) is 23.7 Å². The molecule has 0 spiro atoms. The smallest absolute Gasteiger partial charge is 0.255 e. The van der Waals surface area contributed by atoms with Crippen molar-refractivity contribution in [2.24, 2.45) is 0 Å². The molecule has 1 N–H and O–H groups in total. The van der Waals surface area contributed by atoms with E-state index in [9.17, 15) is 9.59 Å². The maximum Gasteiger partial charge on any atom is 0.255 e. The Bertz CT molecular complexity index is 1270. The Labute approximate surface area is 216 Å². The zero-order valence-corrected chi connectivity index (χ0v) is 21.2. The molecule has 3 heterocycles. The third-order valence-corrected chi connectivity index (χ3v) is 7.02. The molecule has 5 rings (SSSR count). The van der Waals surface area contributed by atoms with Gasteiger partial charge in [0.25, 0.3) is 5.91 Å². The van der Waals surface area contributed by atoms with Crippen molar-refractivity contribution < 1.29 is 14.3 Å². The second-order valence-electron chi connectivity index (χ2n) is 9.29. The normalized spacial score (nSPS) is 19.5. The van der Waals surface area contributed by atoms with Crippen LogP contribution in [-0.4, -0.2) is 54.0 Å². The summed E-state index contributed by atoms with van der Waals surface area (Å²) in [6.07, 6.45) is 2.39. The maximum absolute atomic E-state index is 12.8. The number of hydrogen-bond donors (Lipinski definition) is 1. The van der Waals surface area contributed by atoms with Gasteiger partial charge >= 0.3 is 0 Å². The Hall–Kier alpha value is -3.42. The molecular weight excluding hydrogens is 476 g/mol. The van der Waals surface area contributed by atoms with Crippen LogP contribution in [0.5, 0.6) is 0 Å². The Morgan fingerprint density at radius 1 is 1.08 bits per heavy atom. The van der Waals surface area contributed by atoms with E-state index >= 15 is 0 Å². The zero-order valence-electron chi connectivity index (χ0n) is 20.4. The van der Waals surface area contributed by atoms with Gasteiger partial charge in [0.15, 0.2) is 0 Å². The highest BCUT2D eigenvalue weighted by molar-refractivity contribution is 6.30. The Balaban J connectivity index is 1.46. The van der Waals surface area contributed by atoms with E-state index < -0.39 is 0 Å². The lowest BCUT2D eigenvalue weighted by molar-refractivity contribution is -0.117. The SMILES string of the molecule is CC(=O)N1c2ccc(-c3ccc(C(=O)N4CCOCC4)cn3)cc2[C@H](Nc2cccc(Cl)c2)C[C@@H]1C. The number of fused-ring (bicyclic) bond motifs is 1. The molecule has 1 saturated heterocycles. The molecule has 0 radical (unpaired) electrons. The number of anilines is 2. The van der Waals surface area contributed by atoms with Crippen molar-refractivity contribution in [2.75, 3.05) is 36.5 Å². The van der Waals surface area contributed by atoms with Gasteiger partial charge in [-0.15, -0.1) is 0 Å². The summed E-state index contributed by atoms with van der Waals surface area (Å²) in [5.41, 5.74) is 5.10. The van der Waals surface area contributed by atoms with Crippen LogP contribution in [0.3, 0.4) is 0 Å². The monoisotopic (exact) mass is 504 g/mol. The lowest BCUT2D eigenvalue weighted by Crippen LogP contribution is -2.43. The van der Waals surface area contributed by atoms with Gasteiger partial charge in [-0.05, 0) is 61.4 Å². The summed E-state index contributed by atoms with van der Waals surface area (Å²) in [5.74, 6) is -0.0125. The highest BCUT2D eigenvalue weighted by Crippen LogP contribution is 2.41. The third kappa shape index (κ3) is 4.94. The van der Waals surface area contributed by atoms with Gasteiger partial charge in [-0.2, -0.15) is 0 Å². The van der Waals surface area contributed by atoms with Crippen molar-refractivity contribution in [3.8, 4) is 11.3 Å². The van der Waals surface area contributed by atoms with Crippen molar-refractivity contribution in [1.82, 2.24) is 9.88 Å². The summed E-state index contributed by atoms with van der Waals surface area (Å²) in [6, 6.07) is 17.4. The van der Waals surface area contributed by atoms with Crippen LogP contribution in [0.4, 0.5) is 11.4 Å². The molecule has 2 aromatic carbocycles. The van der Waals surface area contributed by atoms with Gasteiger partial charge in [0.2, 0.25) is 5.91 Å². The van der Waals surface area contributed by atoms with Crippen LogP contribution in [0.15, 0.2) is 60.8 Å². The molecule has 36 heavy (non-hydrogen) atoms. The van der Waals surface area contributed by atoms with E-state index in [2.05, 4.69) is 23.3 Å². The molecule has 0 unspecified atom stereocenters. The molecule has 2 aliphatic rings. The van der Waals surface area contributed by atoms with Crippen LogP contribution in [0.25, 0.3) is 11.3 Å². The summed E-state index contributed by atoms with van der Waals surface area (Å²) >= 11 is 6.21. The van der Waals surface area contributed by atoms with Crippen molar-refractivity contribution in [3.63, 3.8) is 0 Å². The second-order valence-corrected chi connectivity index (χ2v) is 9.73. The van der Waals surface area contributed by atoms with E-state index in [4.69, 9.17) is 16.3 Å². The number of rotatable bonds is 4. The molecule has 2 aliphatic heterocycles. The highest BCUT2D eigenvalue weighted by Gasteiger charge is 2.33. The number of carbonyl (C=O) groups is 2. The fraction of sp³-hybridized carbons (Fsp3) is 0.321. The van der Waals surface area contributed by atoms with Crippen LogP contribution in [0.2, 0.25) is 5.02 Å². The number of nitrogens with one attached hydrogen (secondary N) is 1. The molecule has 0 saturated carbocycles. The van der Waals surface area contributed by atoms with Gasteiger partial charge < -0.3 is 19.9 Å². The Morgan fingerprint density at radius 3 is 2.58 bits per heavy atom. The highest BCUT2D eigenvalue weighted by atomic mass is 35.5. The molecule has 186 valence electrons. The topological polar surface area (TPSA) is 74.8 Å².